The average molecular weight is 359 g/mol. The maximum Gasteiger partial charge on any atom is 0.244 e. The van der Waals surface area contributed by atoms with Gasteiger partial charge in [0.15, 0.2) is 0 Å². The topological polar surface area (TPSA) is 52.5 Å². The highest BCUT2D eigenvalue weighted by Crippen LogP contribution is 2.32. The van der Waals surface area contributed by atoms with Crippen molar-refractivity contribution in [3.63, 3.8) is 0 Å². The number of nitrogens with zero attached hydrogens (tertiary/aromatic N) is 1. The number of methoxy groups -OCH3 is 2. The summed E-state index contributed by atoms with van der Waals surface area (Å²) in [6, 6.07) is 11.0. The van der Waals surface area contributed by atoms with Crippen molar-refractivity contribution < 1.29 is 14.3 Å². The van der Waals surface area contributed by atoms with Crippen LogP contribution in [0.15, 0.2) is 42.6 Å². The van der Waals surface area contributed by atoms with Gasteiger partial charge >= 0.3 is 0 Å². The third-order valence-corrected chi connectivity index (χ3v) is 4.30. The third-order valence-electron chi connectivity index (χ3n) is 4.07. The van der Waals surface area contributed by atoms with E-state index in [0.29, 0.717) is 22.2 Å². The van der Waals surface area contributed by atoms with E-state index in [9.17, 15) is 4.79 Å². The van der Waals surface area contributed by atoms with Crippen molar-refractivity contribution in [1.82, 2.24) is 4.57 Å². The van der Waals surface area contributed by atoms with E-state index >= 15 is 0 Å². The molecule has 25 heavy (non-hydrogen) atoms. The molecule has 0 unspecified atom stereocenters. The normalized spacial score (nSPS) is 10.7. The summed E-state index contributed by atoms with van der Waals surface area (Å²) in [7, 11) is 3.21. The van der Waals surface area contributed by atoms with E-state index in [1.165, 1.54) is 0 Å². The molecular weight excluding hydrogens is 340 g/mol. The lowest BCUT2D eigenvalue weighted by Crippen LogP contribution is -2.18. The maximum atomic E-state index is 12.5. The van der Waals surface area contributed by atoms with Crippen LogP contribution in [0.5, 0.6) is 11.5 Å². The molecule has 0 saturated heterocycles. The van der Waals surface area contributed by atoms with Crippen LogP contribution in [0.4, 0.5) is 5.69 Å². The van der Waals surface area contributed by atoms with Crippen LogP contribution in [-0.4, -0.2) is 24.7 Å². The molecule has 5 nitrogen and oxygen atoms in total. The first-order chi connectivity index (χ1) is 12.0. The number of carbonyl (C=O) groups is 1. The Morgan fingerprint density at radius 3 is 2.68 bits per heavy atom. The lowest BCUT2D eigenvalue weighted by atomic mass is 10.2. The highest BCUT2D eigenvalue weighted by atomic mass is 35.5. The zero-order chi connectivity index (χ0) is 18.0. The van der Waals surface area contributed by atoms with E-state index in [-0.39, 0.29) is 12.5 Å². The standard InChI is InChI=1S/C19H19ClN2O3/c1-12-4-5-13(20)8-16(12)21-19(23)11-22-7-6-15-17(22)9-14(24-2)10-18(15)25-3/h4-10H,11H2,1-3H3,(H,21,23). The molecule has 6 heteroatoms. The highest BCUT2D eigenvalue weighted by Gasteiger charge is 2.12. The van der Waals surface area contributed by atoms with Crippen molar-refractivity contribution in [3.8, 4) is 11.5 Å². The largest absolute Gasteiger partial charge is 0.497 e. The number of hydrogen-bond acceptors (Lipinski definition) is 3. The van der Waals surface area contributed by atoms with E-state index in [4.69, 9.17) is 21.1 Å². The van der Waals surface area contributed by atoms with Gasteiger partial charge in [0.05, 0.1) is 19.7 Å². The first-order valence-corrected chi connectivity index (χ1v) is 8.16. The maximum absolute atomic E-state index is 12.5. The van der Waals surface area contributed by atoms with Gasteiger partial charge in [0.1, 0.15) is 18.0 Å². The number of amides is 1. The number of hydrogen-bond donors (Lipinski definition) is 1. The zero-order valence-electron chi connectivity index (χ0n) is 14.3. The molecule has 1 aromatic heterocycles. The van der Waals surface area contributed by atoms with Crippen LogP contribution in [0.1, 0.15) is 5.56 Å². The molecule has 0 spiro atoms. The SMILES string of the molecule is COc1cc(OC)c2ccn(CC(=O)Nc3cc(Cl)ccc3C)c2c1. The van der Waals surface area contributed by atoms with Crippen molar-refractivity contribution in [3.05, 3.63) is 53.2 Å². The number of ether oxygens (including phenoxy) is 2. The summed E-state index contributed by atoms with van der Waals surface area (Å²) in [6.45, 7) is 2.10. The number of carbonyl (C=O) groups excluding carboxylic acids is 1. The number of nitrogens with one attached hydrogen (secondary N) is 1. The Morgan fingerprint density at radius 1 is 1.16 bits per heavy atom. The van der Waals surface area contributed by atoms with Crippen LogP contribution < -0.4 is 14.8 Å². The molecule has 3 aromatic rings. The minimum absolute atomic E-state index is 0.135. The second-order valence-corrected chi connectivity index (χ2v) is 6.15. The minimum atomic E-state index is -0.135. The summed E-state index contributed by atoms with van der Waals surface area (Å²) >= 11 is 6.00. The van der Waals surface area contributed by atoms with Gasteiger partial charge < -0.3 is 19.4 Å². The molecule has 0 aliphatic rings. The summed E-state index contributed by atoms with van der Waals surface area (Å²) in [5, 5.41) is 4.42. The molecule has 1 amide bonds. The van der Waals surface area contributed by atoms with Gasteiger partial charge in [0.25, 0.3) is 0 Å². The molecule has 3 rings (SSSR count). The number of aromatic nitrogens is 1. The first kappa shape index (κ1) is 17.2. The number of aryl methyl sites for hydroxylation is 1. The number of fused-ring (bicyclic) bond motifs is 1. The van der Waals surface area contributed by atoms with E-state index in [1.54, 1.807) is 26.4 Å². The van der Waals surface area contributed by atoms with Crippen molar-refractivity contribution in [2.24, 2.45) is 0 Å². The molecule has 1 heterocycles. The Balaban J connectivity index is 1.87. The van der Waals surface area contributed by atoms with Gasteiger partial charge in [-0.2, -0.15) is 0 Å². The second-order valence-electron chi connectivity index (χ2n) is 5.71. The molecule has 0 radical (unpaired) electrons. The first-order valence-electron chi connectivity index (χ1n) is 7.78. The Morgan fingerprint density at radius 2 is 1.96 bits per heavy atom. The lowest BCUT2D eigenvalue weighted by Gasteiger charge is -2.11. The van der Waals surface area contributed by atoms with E-state index < -0.39 is 0 Å². The number of rotatable bonds is 5. The van der Waals surface area contributed by atoms with Crippen molar-refractivity contribution >= 4 is 34.1 Å². The quantitative estimate of drug-likeness (QED) is 0.741. The van der Waals surface area contributed by atoms with E-state index in [0.717, 1.165) is 16.5 Å². The molecule has 0 bridgehead atoms. The fourth-order valence-electron chi connectivity index (χ4n) is 2.74. The smallest absolute Gasteiger partial charge is 0.244 e. The van der Waals surface area contributed by atoms with Crippen molar-refractivity contribution in [1.29, 1.82) is 0 Å². The number of benzene rings is 2. The number of halogens is 1. The summed E-state index contributed by atoms with van der Waals surface area (Å²) in [5.41, 5.74) is 2.54. The number of anilines is 1. The highest BCUT2D eigenvalue weighted by molar-refractivity contribution is 6.31. The van der Waals surface area contributed by atoms with Crippen LogP contribution >= 0.6 is 11.6 Å². The monoisotopic (exact) mass is 358 g/mol. The van der Waals surface area contributed by atoms with E-state index in [2.05, 4.69) is 5.32 Å². The molecule has 0 atom stereocenters. The van der Waals surface area contributed by atoms with Crippen LogP contribution in [0.25, 0.3) is 10.9 Å². The van der Waals surface area contributed by atoms with Crippen LogP contribution in [0.3, 0.4) is 0 Å². The fraction of sp³-hybridized carbons (Fsp3) is 0.211. The Labute approximate surface area is 151 Å². The molecule has 2 aromatic carbocycles. The molecule has 0 aliphatic heterocycles. The van der Waals surface area contributed by atoms with Crippen molar-refractivity contribution in [2.45, 2.75) is 13.5 Å². The van der Waals surface area contributed by atoms with Crippen molar-refractivity contribution in [2.75, 3.05) is 19.5 Å². The predicted molar refractivity (Wildman–Crippen MR) is 99.9 cm³/mol. The summed E-state index contributed by atoms with van der Waals surface area (Å²) in [5.74, 6) is 1.25. The van der Waals surface area contributed by atoms with Gasteiger partial charge in [0, 0.05) is 34.4 Å². The molecule has 1 N–H and O–H groups in total. The van der Waals surface area contributed by atoms with Gasteiger partial charge in [-0.15, -0.1) is 0 Å². The Kier molecular flexibility index (Phi) is 4.86. The summed E-state index contributed by atoms with van der Waals surface area (Å²) in [6.07, 6.45) is 1.86. The van der Waals surface area contributed by atoms with Gasteiger partial charge in [-0.3, -0.25) is 4.79 Å². The third kappa shape index (κ3) is 3.56. The summed E-state index contributed by atoms with van der Waals surface area (Å²) in [4.78, 5) is 12.5. The summed E-state index contributed by atoms with van der Waals surface area (Å²) < 4.78 is 12.6. The van der Waals surface area contributed by atoms with Gasteiger partial charge in [-0.05, 0) is 30.7 Å². The van der Waals surface area contributed by atoms with Gasteiger partial charge in [-0.25, -0.2) is 0 Å². The molecule has 130 valence electrons. The van der Waals surface area contributed by atoms with Gasteiger partial charge in [-0.1, -0.05) is 17.7 Å². The Hall–Kier alpha value is -2.66. The zero-order valence-corrected chi connectivity index (χ0v) is 15.1. The van der Waals surface area contributed by atoms with E-state index in [1.807, 2.05) is 42.0 Å². The second kappa shape index (κ2) is 7.07. The average Bonchev–Trinajstić information content (AvgIpc) is 3.00. The minimum Gasteiger partial charge on any atom is -0.497 e. The van der Waals surface area contributed by atoms with Crippen LogP contribution in [-0.2, 0) is 11.3 Å². The molecule has 0 fully saturated rings. The van der Waals surface area contributed by atoms with Crippen LogP contribution in [0, 0.1) is 6.92 Å². The fourth-order valence-corrected chi connectivity index (χ4v) is 2.91. The molecular formula is C19H19ClN2O3. The molecule has 0 saturated carbocycles. The van der Waals surface area contributed by atoms with Gasteiger partial charge in [0.2, 0.25) is 5.91 Å². The predicted octanol–water partition coefficient (Wildman–Crippen LogP) is 4.26. The molecule has 0 aliphatic carbocycles. The van der Waals surface area contributed by atoms with Crippen LogP contribution in [0.2, 0.25) is 5.02 Å². The lowest BCUT2D eigenvalue weighted by molar-refractivity contribution is -0.116. The Bertz CT molecular complexity index is 934.